The Morgan fingerprint density at radius 2 is 2.29 bits per heavy atom. The lowest BCUT2D eigenvalue weighted by Gasteiger charge is -1.96. The SMILES string of the molecule is [B]B(C=C)C(=C)C. The Morgan fingerprint density at radius 1 is 1.86 bits per heavy atom. The molecular formula is C5H8B2. The van der Waals surface area contributed by atoms with Gasteiger partial charge in [-0.2, -0.15) is 0 Å². The third kappa shape index (κ3) is 2.32. The van der Waals surface area contributed by atoms with E-state index in [1.54, 1.807) is 5.98 Å². The molecule has 2 radical (unpaired) electrons. The fourth-order valence-electron chi connectivity index (χ4n) is 0.201. The molecule has 0 aliphatic rings. The summed E-state index contributed by atoms with van der Waals surface area (Å²) in [6.07, 6.45) is 0. The van der Waals surface area contributed by atoms with E-state index >= 15 is 0 Å². The number of hydrogen-bond acceptors (Lipinski definition) is 0. The Hall–Kier alpha value is -0.390. The summed E-state index contributed by atoms with van der Waals surface area (Å²) in [7, 11) is 5.40. The first-order valence-electron chi connectivity index (χ1n) is 2.22. The Labute approximate surface area is 46.8 Å². The van der Waals surface area contributed by atoms with Gasteiger partial charge in [0.05, 0.1) is 0 Å². The summed E-state index contributed by atoms with van der Waals surface area (Å²) in [5.74, 6) is 1.67. The summed E-state index contributed by atoms with van der Waals surface area (Å²) in [4.78, 5) is 0. The average molecular weight is 89.7 g/mol. The summed E-state index contributed by atoms with van der Waals surface area (Å²) >= 11 is 0. The molecule has 0 N–H and O–H groups in total. The molecule has 0 saturated carbocycles. The van der Waals surface area contributed by atoms with Crippen LogP contribution in [0.4, 0.5) is 0 Å². The highest BCUT2D eigenvalue weighted by atomic mass is 13.6. The minimum Gasteiger partial charge on any atom is -0.126 e. The molecular weight excluding hydrogens is 81.7 g/mol. The van der Waals surface area contributed by atoms with E-state index in [0.29, 0.717) is 0 Å². The first kappa shape index (κ1) is 6.61. The predicted octanol–water partition coefficient (Wildman–Crippen LogP) is 0.987. The first-order valence-corrected chi connectivity index (χ1v) is 2.22. The molecule has 0 heterocycles. The molecule has 0 aromatic heterocycles. The van der Waals surface area contributed by atoms with Crippen molar-refractivity contribution in [2.75, 3.05) is 0 Å². The van der Waals surface area contributed by atoms with Crippen LogP contribution in [0.25, 0.3) is 0 Å². The van der Waals surface area contributed by atoms with Crippen molar-refractivity contribution in [3.8, 4) is 0 Å². The molecule has 0 saturated heterocycles. The molecule has 0 bridgehead atoms. The van der Waals surface area contributed by atoms with E-state index in [9.17, 15) is 0 Å². The molecule has 0 atom stereocenters. The van der Waals surface area contributed by atoms with Crippen LogP contribution in [0.5, 0.6) is 0 Å². The van der Waals surface area contributed by atoms with Gasteiger partial charge in [-0.15, -0.1) is 24.6 Å². The van der Waals surface area contributed by atoms with Crippen molar-refractivity contribution in [3.05, 3.63) is 24.6 Å². The summed E-state index contributed by atoms with van der Waals surface area (Å²) in [6.45, 7) is 8.98. The summed E-state index contributed by atoms with van der Waals surface area (Å²) in [5.41, 5.74) is 0.954. The highest BCUT2D eigenvalue weighted by Gasteiger charge is 1.96. The molecule has 7 heavy (non-hydrogen) atoms. The minimum atomic E-state index is -0.0278. The first-order chi connectivity index (χ1) is 3.18. The second kappa shape index (κ2) is 2.73. The fourth-order valence-corrected chi connectivity index (χ4v) is 0.201. The van der Waals surface area contributed by atoms with Crippen LogP contribution in [-0.4, -0.2) is 14.3 Å². The highest BCUT2D eigenvalue weighted by Crippen LogP contribution is 1.89. The molecule has 0 spiro atoms. The molecule has 34 valence electrons. The Bertz CT molecular complexity index is 86.1. The molecule has 0 unspecified atom stereocenters. The van der Waals surface area contributed by atoms with Crippen LogP contribution in [0.3, 0.4) is 0 Å². The van der Waals surface area contributed by atoms with E-state index in [-0.39, 0.29) is 6.60 Å². The van der Waals surface area contributed by atoms with Crippen molar-refractivity contribution in [2.45, 2.75) is 6.92 Å². The van der Waals surface area contributed by atoms with Crippen molar-refractivity contribution in [1.29, 1.82) is 0 Å². The van der Waals surface area contributed by atoms with Crippen molar-refractivity contribution in [2.24, 2.45) is 0 Å². The quantitative estimate of drug-likeness (QED) is 0.443. The van der Waals surface area contributed by atoms with Crippen LogP contribution in [0.15, 0.2) is 24.6 Å². The second-order valence-corrected chi connectivity index (χ2v) is 1.61. The van der Waals surface area contributed by atoms with Gasteiger partial charge >= 0.3 is 0 Å². The molecule has 0 aliphatic heterocycles. The van der Waals surface area contributed by atoms with Gasteiger partial charge in [0.25, 0.3) is 0 Å². The lowest BCUT2D eigenvalue weighted by molar-refractivity contribution is 1.69. The van der Waals surface area contributed by atoms with Crippen LogP contribution in [0.2, 0.25) is 0 Å². The van der Waals surface area contributed by atoms with Gasteiger partial charge in [-0.1, -0.05) is 6.92 Å². The van der Waals surface area contributed by atoms with Crippen molar-refractivity contribution in [1.82, 2.24) is 0 Å². The van der Waals surface area contributed by atoms with Gasteiger partial charge in [0, 0.05) is 7.74 Å². The summed E-state index contributed by atoms with van der Waals surface area (Å²) in [5, 5.41) is 0. The van der Waals surface area contributed by atoms with Crippen LogP contribution < -0.4 is 0 Å². The van der Waals surface area contributed by atoms with E-state index < -0.39 is 0 Å². The number of hydrogen-bond donors (Lipinski definition) is 0. The van der Waals surface area contributed by atoms with Gasteiger partial charge in [-0.25, -0.2) is 0 Å². The van der Waals surface area contributed by atoms with Crippen molar-refractivity contribution < 1.29 is 0 Å². The zero-order valence-corrected chi connectivity index (χ0v) is 4.65. The van der Waals surface area contributed by atoms with Gasteiger partial charge in [0.15, 0.2) is 0 Å². The zero-order valence-electron chi connectivity index (χ0n) is 4.65. The Kier molecular flexibility index (Phi) is 2.58. The van der Waals surface area contributed by atoms with Crippen molar-refractivity contribution >= 4 is 14.3 Å². The van der Waals surface area contributed by atoms with E-state index in [2.05, 4.69) is 13.2 Å². The molecule has 0 amide bonds. The predicted molar refractivity (Wildman–Crippen MR) is 36.5 cm³/mol. The topological polar surface area (TPSA) is 0 Å². The maximum absolute atomic E-state index is 5.40. The highest BCUT2D eigenvalue weighted by molar-refractivity contribution is 7.10. The smallest absolute Gasteiger partial charge is 0.126 e. The van der Waals surface area contributed by atoms with E-state index in [0.717, 1.165) is 5.47 Å². The Morgan fingerprint density at radius 3 is 2.29 bits per heavy atom. The second-order valence-electron chi connectivity index (χ2n) is 1.61. The molecule has 0 aromatic carbocycles. The molecule has 2 heteroatoms. The summed E-state index contributed by atoms with van der Waals surface area (Å²) < 4.78 is 0. The van der Waals surface area contributed by atoms with Gasteiger partial charge < -0.3 is 0 Å². The molecule has 0 rings (SSSR count). The fraction of sp³-hybridized carbons (Fsp3) is 0.200. The van der Waals surface area contributed by atoms with Crippen LogP contribution in [0.1, 0.15) is 6.92 Å². The lowest BCUT2D eigenvalue weighted by Crippen LogP contribution is -2.09. The largest absolute Gasteiger partial charge is 0.144 e. The molecule has 0 aliphatic carbocycles. The van der Waals surface area contributed by atoms with Crippen molar-refractivity contribution in [3.63, 3.8) is 0 Å². The minimum absolute atomic E-state index is 0.0278. The van der Waals surface area contributed by atoms with Gasteiger partial charge in [-0.05, 0) is 0 Å². The lowest BCUT2D eigenvalue weighted by atomic mass is 9.30. The number of rotatable bonds is 2. The van der Waals surface area contributed by atoms with Crippen LogP contribution in [-0.2, 0) is 0 Å². The zero-order chi connectivity index (χ0) is 5.86. The van der Waals surface area contributed by atoms with E-state index in [4.69, 9.17) is 7.74 Å². The third-order valence-electron chi connectivity index (χ3n) is 0.823. The van der Waals surface area contributed by atoms with Gasteiger partial charge in [0.1, 0.15) is 6.60 Å². The van der Waals surface area contributed by atoms with Gasteiger partial charge in [0.2, 0.25) is 0 Å². The van der Waals surface area contributed by atoms with Crippen LogP contribution >= 0.6 is 0 Å². The Balaban J connectivity index is 3.55. The average Bonchev–Trinajstić information content (AvgIpc) is 1.65. The summed E-state index contributed by atoms with van der Waals surface area (Å²) in [6, 6.07) is 0. The van der Waals surface area contributed by atoms with E-state index in [1.807, 2.05) is 6.92 Å². The molecule has 0 aromatic rings. The standard InChI is InChI=1S/C5H8B2/c1-4-7(6)5(2)3/h4H,1-2H2,3H3. The van der Waals surface area contributed by atoms with Gasteiger partial charge in [-0.3, -0.25) is 0 Å². The number of allylic oxidation sites excluding steroid dienone is 1. The molecule has 0 fully saturated rings. The normalized spacial score (nSPS) is 7.57. The van der Waals surface area contributed by atoms with Crippen LogP contribution in [0, 0.1) is 0 Å². The monoisotopic (exact) mass is 90.1 g/mol. The van der Waals surface area contributed by atoms with E-state index in [1.165, 1.54) is 0 Å². The third-order valence-corrected chi connectivity index (χ3v) is 0.823. The maximum Gasteiger partial charge on any atom is 0.144 e. The molecule has 0 nitrogen and oxygen atoms in total. The maximum atomic E-state index is 5.40.